The summed E-state index contributed by atoms with van der Waals surface area (Å²) in [5.74, 6) is -0.223. The van der Waals surface area contributed by atoms with E-state index < -0.39 is 0 Å². The van der Waals surface area contributed by atoms with Crippen LogP contribution >= 0.6 is 11.6 Å². The van der Waals surface area contributed by atoms with Gasteiger partial charge in [-0.2, -0.15) is 0 Å². The Labute approximate surface area is 118 Å². The molecule has 1 atom stereocenters. The van der Waals surface area contributed by atoms with Gasteiger partial charge in [-0.1, -0.05) is 17.7 Å². The molecule has 0 amide bonds. The number of benzene rings is 2. The molecule has 0 aliphatic rings. The van der Waals surface area contributed by atoms with Gasteiger partial charge in [-0.25, -0.2) is 4.39 Å². The summed E-state index contributed by atoms with van der Waals surface area (Å²) in [6, 6.07) is 8.44. The standard InChI is InChI=1S/C16H17ClFN/c1-9-6-12(17)4-5-14(9)16(19)15-10(2)7-13(18)8-11(15)3/h4-8,16H,19H2,1-3H3. The van der Waals surface area contributed by atoms with Crippen LogP contribution in [0.4, 0.5) is 4.39 Å². The van der Waals surface area contributed by atoms with Crippen LogP contribution in [0.1, 0.15) is 33.9 Å². The van der Waals surface area contributed by atoms with Gasteiger partial charge in [-0.05, 0) is 72.9 Å². The second-order valence-corrected chi connectivity index (χ2v) is 5.37. The largest absolute Gasteiger partial charge is 0.320 e. The molecule has 0 spiro atoms. The molecule has 0 fully saturated rings. The van der Waals surface area contributed by atoms with Crippen molar-refractivity contribution in [3.8, 4) is 0 Å². The zero-order valence-electron chi connectivity index (χ0n) is 11.3. The van der Waals surface area contributed by atoms with E-state index in [0.717, 1.165) is 27.8 Å². The van der Waals surface area contributed by atoms with Gasteiger partial charge in [0.05, 0.1) is 6.04 Å². The molecule has 0 bridgehead atoms. The highest BCUT2D eigenvalue weighted by Crippen LogP contribution is 2.29. The number of halogens is 2. The Morgan fingerprint density at radius 2 is 1.58 bits per heavy atom. The average Bonchev–Trinajstić information content (AvgIpc) is 2.26. The molecular weight excluding hydrogens is 261 g/mol. The van der Waals surface area contributed by atoms with Crippen LogP contribution in [-0.4, -0.2) is 0 Å². The lowest BCUT2D eigenvalue weighted by Gasteiger charge is -2.20. The van der Waals surface area contributed by atoms with Crippen molar-refractivity contribution in [1.29, 1.82) is 0 Å². The van der Waals surface area contributed by atoms with Crippen molar-refractivity contribution in [2.45, 2.75) is 26.8 Å². The van der Waals surface area contributed by atoms with Crippen LogP contribution in [-0.2, 0) is 0 Å². The van der Waals surface area contributed by atoms with E-state index in [1.165, 1.54) is 12.1 Å². The van der Waals surface area contributed by atoms with E-state index in [0.29, 0.717) is 5.02 Å². The monoisotopic (exact) mass is 277 g/mol. The number of hydrogen-bond acceptors (Lipinski definition) is 1. The molecular formula is C16H17ClFN. The molecule has 0 radical (unpaired) electrons. The molecule has 100 valence electrons. The lowest BCUT2D eigenvalue weighted by atomic mass is 9.90. The Morgan fingerprint density at radius 3 is 2.11 bits per heavy atom. The van der Waals surface area contributed by atoms with E-state index in [4.69, 9.17) is 17.3 Å². The van der Waals surface area contributed by atoms with Crippen LogP contribution in [0, 0.1) is 26.6 Å². The van der Waals surface area contributed by atoms with Crippen LogP contribution in [0.15, 0.2) is 30.3 Å². The maximum atomic E-state index is 13.3. The first kappa shape index (κ1) is 14.0. The van der Waals surface area contributed by atoms with Crippen LogP contribution in [0.25, 0.3) is 0 Å². The van der Waals surface area contributed by atoms with Crippen molar-refractivity contribution in [1.82, 2.24) is 0 Å². The Hall–Kier alpha value is -1.38. The number of rotatable bonds is 2. The molecule has 0 aliphatic carbocycles. The molecule has 0 saturated carbocycles. The fraction of sp³-hybridized carbons (Fsp3) is 0.250. The van der Waals surface area contributed by atoms with Gasteiger partial charge in [0.25, 0.3) is 0 Å². The van der Waals surface area contributed by atoms with Crippen molar-refractivity contribution in [2.24, 2.45) is 5.73 Å². The van der Waals surface area contributed by atoms with E-state index in [1.54, 1.807) is 0 Å². The van der Waals surface area contributed by atoms with Crippen molar-refractivity contribution >= 4 is 11.6 Å². The summed E-state index contributed by atoms with van der Waals surface area (Å²) in [6.07, 6.45) is 0. The van der Waals surface area contributed by atoms with Gasteiger partial charge in [-0.3, -0.25) is 0 Å². The molecule has 3 heteroatoms. The summed E-state index contributed by atoms with van der Waals surface area (Å²) in [5, 5.41) is 0.695. The van der Waals surface area contributed by atoms with E-state index in [9.17, 15) is 4.39 Å². The minimum Gasteiger partial charge on any atom is -0.320 e. The highest BCUT2D eigenvalue weighted by molar-refractivity contribution is 6.30. The minimum absolute atomic E-state index is 0.223. The normalized spacial score (nSPS) is 12.5. The third kappa shape index (κ3) is 2.80. The van der Waals surface area contributed by atoms with Gasteiger partial charge >= 0.3 is 0 Å². The van der Waals surface area contributed by atoms with Crippen molar-refractivity contribution in [3.05, 3.63) is 69.0 Å². The lowest BCUT2D eigenvalue weighted by Crippen LogP contribution is -2.16. The first-order chi connectivity index (χ1) is 8.90. The summed E-state index contributed by atoms with van der Waals surface area (Å²) in [4.78, 5) is 0. The smallest absolute Gasteiger partial charge is 0.123 e. The molecule has 2 rings (SSSR count). The summed E-state index contributed by atoms with van der Waals surface area (Å²) in [6.45, 7) is 5.75. The van der Waals surface area contributed by atoms with E-state index >= 15 is 0 Å². The summed E-state index contributed by atoms with van der Waals surface area (Å²) in [7, 11) is 0. The molecule has 0 aliphatic heterocycles. The summed E-state index contributed by atoms with van der Waals surface area (Å²) < 4.78 is 13.3. The molecule has 19 heavy (non-hydrogen) atoms. The zero-order chi connectivity index (χ0) is 14.2. The Morgan fingerprint density at radius 1 is 1.00 bits per heavy atom. The summed E-state index contributed by atoms with van der Waals surface area (Å²) in [5.41, 5.74) is 11.1. The fourth-order valence-electron chi connectivity index (χ4n) is 2.56. The molecule has 2 aromatic rings. The molecule has 1 unspecified atom stereocenters. The van der Waals surface area contributed by atoms with Gasteiger partial charge in [0.1, 0.15) is 5.82 Å². The van der Waals surface area contributed by atoms with E-state index in [2.05, 4.69) is 0 Å². The first-order valence-corrected chi connectivity index (χ1v) is 6.56. The highest BCUT2D eigenvalue weighted by Gasteiger charge is 2.16. The fourth-order valence-corrected chi connectivity index (χ4v) is 2.78. The molecule has 2 aromatic carbocycles. The quantitative estimate of drug-likeness (QED) is 0.862. The molecule has 0 aromatic heterocycles. The third-order valence-electron chi connectivity index (χ3n) is 3.44. The van der Waals surface area contributed by atoms with Crippen molar-refractivity contribution < 1.29 is 4.39 Å². The highest BCUT2D eigenvalue weighted by atomic mass is 35.5. The van der Waals surface area contributed by atoms with Gasteiger partial charge in [0, 0.05) is 5.02 Å². The van der Waals surface area contributed by atoms with Crippen LogP contribution in [0.5, 0.6) is 0 Å². The maximum absolute atomic E-state index is 13.3. The van der Waals surface area contributed by atoms with E-state index in [-0.39, 0.29) is 11.9 Å². The van der Waals surface area contributed by atoms with Gasteiger partial charge in [0.2, 0.25) is 0 Å². The van der Waals surface area contributed by atoms with E-state index in [1.807, 2.05) is 39.0 Å². The number of nitrogens with two attached hydrogens (primary N) is 1. The molecule has 0 heterocycles. The third-order valence-corrected chi connectivity index (χ3v) is 3.67. The second kappa shape index (κ2) is 5.32. The summed E-state index contributed by atoms with van der Waals surface area (Å²) >= 11 is 5.96. The Balaban J connectivity index is 2.53. The van der Waals surface area contributed by atoms with Crippen molar-refractivity contribution in [2.75, 3.05) is 0 Å². The Kier molecular flexibility index (Phi) is 3.93. The van der Waals surface area contributed by atoms with Crippen LogP contribution in [0.3, 0.4) is 0 Å². The topological polar surface area (TPSA) is 26.0 Å². The SMILES string of the molecule is Cc1cc(Cl)ccc1C(N)c1c(C)cc(F)cc1C. The molecule has 0 saturated heterocycles. The Bertz CT molecular complexity index is 599. The predicted octanol–water partition coefficient (Wildman–Crippen LogP) is 4.45. The van der Waals surface area contributed by atoms with Crippen molar-refractivity contribution in [3.63, 3.8) is 0 Å². The molecule has 1 nitrogen and oxygen atoms in total. The second-order valence-electron chi connectivity index (χ2n) is 4.93. The molecule has 2 N–H and O–H groups in total. The lowest BCUT2D eigenvalue weighted by molar-refractivity contribution is 0.623. The van der Waals surface area contributed by atoms with Crippen LogP contribution in [0.2, 0.25) is 5.02 Å². The van der Waals surface area contributed by atoms with Gasteiger partial charge in [0.15, 0.2) is 0 Å². The maximum Gasteiger partial charge on any atom is 0.123 e. The predicted molar refractivity (Wildman–Crippen MR) is 78.1 cm³/mol. The van der Waals surface area contributed by atoms with Gasteiger partial charge in [-0.15, -0.1) is 0 Å². The number of hydrogen-bond donors (Lipinski definition) is 1. The number of aryl methyl sites for hydroxylation is 3. The van der Waals surface area contributed by atoms with Gasteiger partial charge < -0.3 is 5.73 Å². The first-order valence-electron chi connectivity index (χ1n) is 6.18. The zero-order valence-corrected chi connectivity index (χ0v) is 12.1. The minimum atomic E-state index is -0.266. The van der Waals surface area contributed by atoms with Crippen LogP contribution < -0.4 is 5.73 Å². The average molecular weight is 278 g/mol.